The SMILES string of the molecule is Nc1c(Cl)cc(C(=O)O)c2c1NCCCO2. The Morgan fingerprint density at radius 1 is 1.62 bits per heavy atom. The Labute approximate surface area is 97.1 Å². The second-order valence-electron chi connectivity index (χ2n) is 3.46. The van der Waals surface area contributed by atoms with Gasteiger partial charge in [0.25, 0.3) is 0 Å². The summed E-state index contributed by atoms with van der Waals surface area (Å²) < 4.78 is 5.39. The average Bonchev–Trinajstić information content (AvgIpc) is 2.48. The second-order valence-corrected chi connectivity index (χ2v) is 3.86. The van der Waals surface area contributed by atoms with E-state index in [-0.39, 0.29) is 16.3 Å². The predicted molar refractivity (Wildman–Crippen MR) is 61.4 cm³/mol. The summed E-state index contributed by atoms with van der Waals surface area (Å²) in [6.07, 6.45) is 0.783. The Hall–Kier alpha value is -1.62. The first-order valence-electron chi connectivity index (χ1n) is 4.83. The lowest BCUT2D eigenvalue weighted by atomic mass is 10.1. The lowest BCUT2D eigenvalue weighted by Crippen LogP contribution is -2.06. The molecule has 6 heteroatoms. The Morgan fingerprint density at radius 2 is 2.38 bits per heavy atom. The van der Waals surface area contributed by atoms with Crippen molar-refractivity contribution in [2.75, 3.05) is 24.2 Å². The van der Waals surface area contributed by atoms with Gasteiger partial charge in [0.1, 0.15) is 11.3 Å². The number of hydrogen-bond acceptors (Lipinski definition) is 4. The van der Waals surface area contributed by atoms with Crippen molar-refractivity contribution in [3.63, 3.8) is 0 Å². The van der Waals surface area contributed by atoms with E-state index in [0.29, 0.717) is 24.5 Å². The summed E-state index contributed by atoms with van der Waals surface area (Å²) in [5.74, 6) is -0.811. The number of nitrogen functional groups attached to an aromatic ring is 1. The van der Waals surface area contributed by atoms with Crippen LogP contribution in [0.3, 0.4) is 0 Å². The molecule has 16 heavy (non-hydrogen) atoms. The lowest BCUT2D eigenvalue weighted by Gasteiger charge is -2.14. The van der Waals surface area contributed by atoms with Gasteiger partial charge >= 0.3 is 5.97 Å². The number of carbonyl (C=O) groups is 1. The first-order chi connectivity index (χ1) is 7.61. The summed E-state index contributed by atoms with van der Waals surface area (Å²) in [5, 5.41) is 12.3. The zero-order chi connectivity index (χ0) is 11.7. The topological polar surface area (TPSA) is 84.6 Å². The standard InChI is InChI=1S/C10H11ClN2O3/c11-6-4-5(10(14)15)9-8(7(6)12)13-2-1-3-16-9/h4,13H,1-3,12H2,(H,14,15). The number of benzene rings is 1. The minimum Gasteiger partial charge on any atom is -0.490 e. The summed E-state index contributed by atoms with van der Waals surface area (Å²) in [4.78, 5) is 11.0. The molecule has 0 atom stereocenters. The number of nitrogens with one attached hydrogen (secondary N) is 1. The highest BCUT2D eigenvalue weighted by Crippen LogP contribution is 2.40. The third-order valence-electron chi connectivity index (χ3n) is 2.37. The molecule has 0 radical (unpaired) electrons. The van der Waals surface area contributed by atoms with Gasteiger partial charge in [-0.05, 0) is 12.5 Å². The molecule has 86 valence electrons. The number of halogens is 1. The molecule has 5 nitrogen and oxygen atoms in total. The van der Waals surface area contributed by atoms with Gasteiger partial charge in [0.05, 0.1) is 17.3 Å². The van der Waals surface area contributed by atoms with Gasteiger partial charge in [0.2, 0.25) is 0 Å². The van der Waals surface area contributed by atoms with E-state index in [1.807, 2.05) is 0 Å². The van der Waals surface area contributed by atoms with Gasteiger partial charge in [0.15, 0.2) is 5.75 Å². The van der Waals surface area contributed by atoms with Gasteiger partial charge in [-0.3, -0.25) is 0 Å². The molecular weight excluding hydrogens is 232 g/mol. The molecule has 0 aliphatic carbocycles. The molecule has 2 rings (SSSR count). The van der Waals surface area contributed by atoms with Gasteiger partial charge in [-0.25, -0.2) is 4.79 Å². The molecule has 0 aromatic heterocycles. The minimum absolute atomic E-state index is 0.0311. The molecule has 4 N–H and O–H groups in total. The number of carboxylic acids is 1. The van der Waals surface area contributed by atoms with Crippen molar-refractivity contribution in [3.05, 3.63) is 16.7 Å². The van der Waals surface area contributed by atoms with Gasteiger partial charge in [0, 0.05) is 6.54 Å². The predicted octanol–water partition coefficient (Wildman–Crippen LogP) is 1.81. The number of rotatable bonds is 1. The van der Waals surface area contributed by atoms with Crippen LogP contribution in [0.5, 0.6) is 5.75 Å². The lowest BCUT2D eigenvalue weighted by molar-refractivity contribution is 0.0692. The highest BCUT2D eigenvalue weighted by Gasteiger charge is 2.22. The smallest absolute Gasteiger partial charge is 0.339 e. The van der Waals surface area contributed by atoms with Crippen molar-refractivity contribution >= 4 is 28.9 Å². The van der Waals surface area contributed by atoms with Crippen LogP contribution < -0.4 is 15.8 Å². The number of anilines is 2. The van der Waals surface area contributed by atoms with Crippen molar-refractivity contribution in [2.24, 2.45) is 0 Å². The fraction of sp³-hybridized carbons (Fsp3) is 0.300. The number of hydrogen-bond donors (Lipinski definition) is 3. The third kappa shape index (κ3) is 1.74. The fourth-order valence-corrected chi connectivity index (χ4v) is 1.79. The van der Waals surface area contributed by atoms with E-state index >= 15 is 0 Å². The van der Waals surface area contributed by atoms with Crippen LogP contribution in [0.4, 0.5) is 11.4 Å². The number of aromatic carboxylic acids is 1. The maximum absolute atomic E-state index is 11.0. The summed E-state index contributed by atoms with van der Waals surface area (Å²) in [6.45, 7) is 1.14. The quantitative estimate of drug-likeness (QED) is 0.654. The summed E-state index contributed by atoms with van der Waals surface area (Å²) in [5.41, 5.74) is 6.60. The fourth-order valence-electron chi connectivity index (χ4n) is 1.59. The number of fused-ring (bicyclic) bond motifs is 1. The van der Waals surface area contributed by atoms with E-state index in [0.717, 1.165) is 6.42 Å². The van der Waals surface area contributed by atoms with Crippen LogP contribution in [0.25, 0.3) is 0 Å². The van der Waals surface area contributed by atoms with Crippen LogP contribution in [-0.4, -0.2) is 24.2 Å². The van der Waals surface area contributed by atoms with Crippen LogP contribution in [-0.2, 0) is 0 Å². The molecule has 1 aliphatic heterocycles. The van der Waals surface area contributed by atoms with Gasteiger partial charge in [-0.15, -0.1) is 0 Å². The van der Waals surface area contributed by atoms with Crippen molar-refractivity contribution < 1.29 is 14.6 Å². The Morgan fingerprint density at radius 3 is 3.06 bits per heavy atom. The van der Waals surface area contributed by atoms with Crippen LogP contribution in [0, 0.1) is 0 Å². The zero-order valence-electron chi connectivity index (χ0n) is 8.42. The van der Waals surface area contributed by atoms with Crippen molar-refractivity contribution in [3.8, 4) is 5.75 Å². The van der Waals surface area contributed by atoms with Crippen molar-refractivity contribution in [1.29, 1.82) is 0 Å². The summed E-state index contributed by atoms with van der Waals surface area (Å²) >= 11 is 5.86. The van der Waals surface area contributed by atoms with Crippen molar-refractivity contribution in [2.45, 2.75) is 6.42 Å². The first-order valence-corrected chi connectivity index (χ1v) is 5.21. The van der Waals surface area contributed by atoms with Crippen LogP contribution >= 0.6 is 11.6 Å². The van der Waals surface area contributed by atoms with E-state index in [2.05, 4.69) is 5.32 Å². The number of nitrogens with two attached hydrogens (primary N) is 1. The van der Waals surface area contributed by atoms with Crippen LogP contribution in [0.15, 0.2) is 6.07 Å². The molecule has 1 aromatic rings. The molecule has 0 amide bonds. The maximum Gasteiger partial charge on any atom is 0.339 e. The summed E-state index contributed by atoms with van der Waals surface area (Å²) in [6, 6.07) is 1.31. The highest BCUT2D eigenvalue weighted by molar-refractivity contribution is 6.34. The third-order valence-corrected chi connectivity index (χ3v) is 2.68. The van der Waals surface area contributed by atoms with E-state index in [1.54, 1.807) is 0 Å². The number of ether oxygens (including phenoxy) is 1. The summed E-state index contributed by atoms with van der Waals surface area (Å²) in [7, 11) is 0. The van der Waals surface area contributed by atoms with Gasteiger partial charge in [-0.1, -0.05) is 11.6 Å². The first kappa shape index (κ1) is 10.9. The van der Waals surface area contributed by atoms with E-state index < -0.39 is 5.97 Å². The van der Waals surface area contributed by atoms with E-state index in [9.17, 15) is 4.79 Å². The monoisotopic (exact) mass is 242 g/mol. The Bertz CT molecular complexity index is 448. The van der Waals surface area contributed by atoms with Gasteiger partial charge in [-0.2, -0.15) is 0 Å². The molecular formula is C10H11ClN2O3. The molecule has 1 heterocycles. The maximum atomic E-state index is 11.0. The number of carboxylic acid groups (broad SMARTS) is 1. The molecule has 0 spiro atoms. The molecule has 0 saturated carbocycles. The highest BCUT2D eigenvalue weighted by atomic mass is 35.5. The average molecular weight is 243 g/mol. The van der Waals surface area contributed by atoms with Crippen LogP contribution in [0.2, 0.25) is 5.02 Å². The second kappa shape index (κ2) is 4.09. The van der Waals surface area contributed by atoms with Gasteiger partial charge < -0.3 is 20.9 Å². The largest absolute Gasteiger partial charge is 0.490 e. The normalized spacial score (nSPS) is 14.3. The van der Waals surface area contributed by atoms with E-state index in [4.69, 9.17) is 27.2 Å². The molecule has 0 saturated heterocycles. The Kier molecular flexibility index (Phi) is 2.78. The molecule has 0 unspecified atom stereocenters. The minimum atomic E-state index is -1.08. The van der Waals surface area contributed by atoms with E-state index in [1.165, 1.54) is 6.07 Å². The molecule has 0 fully saturated rings. The molecule has 1 aliphatic rings. The molecule has 1 aromatic carbocycles. The molecule has 0 bridgehead atoms. The zero-order valence-corrected chi connectivity index (χ0v) is 9.17. The Balaban J connectivity index is 2.64. The van der Waals surface area contributed by atoms with Crippen molar-refractivity contribution in [1.82, 2.24) is 0 Å². The van der Waals surface area contributed by atoms with Crippen LogP contribution in [0.1, 0.15) is 16.8 Å².